The molecule has 0 bridgehead atoms. The molecule has 1 heterocycles. The highest BCUT2D eigenvalue weighted by molar-refractivity contribution is 5.76. The molecule has 0 aliphatic heterocycles. The van der Waals surface area contributed by atoms with Crippen molar-refractivity contribution in [3.05, 3.63) is 30.1 Å². The molecule has 1 fully saturated rings. The minimum Gasteiger partial charge on any atom is -0.288 e. The first-order valence-electron chi connectivity index (χ1n) is 6.30. The van der Waals surface area contributed by atoms with Crippen LogP contribution in [0.15, 0.2) is 29.4 Å². The number of hydrogen-bond acceptors (Lipinski definition) is 2. The zero-order chi connectivity index (χ0) is 11.2. The first kappa shape index (κ1) is 11.3. The van der Waals surface area contributed by atoms with Crippen molar-refractivity contribution in [3.63, 3.8) is 0 Å². The molecular weight excluding hydrogens is 196 g/mol. The third-order valence-corrected chi connectivity index (χ3v) is 3.46. The number of rotatable bonds is 3. The van der Waals surface area contributed by atoms with Gasteiger partial charge in [-0.3, -0.25) is 9.98 Å². The summed E-state index contributed by atoms with van der Waals surface area (Å²) < 4.78 is 0. The van der Waals surface area contributed by atoms with Gasteiger partial charge in [0.25, 0.3) is 0 Å². The fourth-order valence-corrected chi connectivity index (χ4v) is 2.38. The monoisotopic (exact) mass is 216 g/mol. The molecule has 0 N–H and O–H groups in total. The smallest absolute Gasteiger partial charge is 0.0807 e. The second-order valence-electron chi connectivity index (χ2n) is 4.67. The van der Waals surface area contributed by atoms with E-state index in [0.717, 1.165) is 11.6 Å². The molecule has 86 valence electrons. The van der Waals surface area contributed by atoms with Gasteiger partial charge in [0.05, 0.1) is 11.7 Å². The molecule has 16 heavy (non-hydrogen) atoms. The van der Waals surface area contributed by atoms with Gasteiger partial charge in [-0.2, -0.15) is 0 Å². The number of hydrogen-bond donors (Lipinski definition) is 0. The Morgan fingerprint density at radius 1 is 1.31 bits per heavy atom. The largest absolute Gasteiger partial charge is 0.288 e. The standard InChI is InChI=1S/C14H20N2/c1-12(13-7-3-2-4-8-13)16-11-14-9-5-6-10-15-14/h5-6,9-13H,2-4,7-8H2,1H3/t12-/m1/s1. The van der Waals surface area contributed by atoms with E-state index in [1.165, 1.54) is 32.1 Å². The van der Waals surface area contributed by atoms with Crippen LogP contribution in [0.4, 0.5) is 0 Å². The topological polar surface area (TPSA) is 25.2 Å². The lowest BCUT2D eigenvalue weighted by atomic mass is 9.85. The van der Waals surface area contributed by atoms with E-state index in [0.29, 0.717) is 6.04 Å². The maximum absolute atomic E-state index is 4.63. The molecule has 0 radical (unpaired) electrons. The van der Waals surface area contributed by atoms with Crippen molar-refractivity contribution in [2.45, 2.75) is 45.1 Å². The lowest BCUT2D eigenvalue weighted by Gasteiger charge is -2.24. The van der Waals surface area contributed by atoms with E-state index in [4.69, 9.17) is 0 Å². The lowest BCUT2D eigenvalue weighted by molar-refractivity contribution is 0.318. The Labute approximate surface area is 97.8 Å². The van der Waals surface area contributed by atoms with Gasteiger partial charge in [0.2, 0.25) is 0 Å². The normalized spacial score (nSPS) is 20.1. The maximum atomic E-state index is 4.63. The second kappa shape index (κ2) is 5.78. The summed E-state index contributed by atoms with van der Waals surface area (Å²) in [5.74, 6) is 0.786. The van der Waals surface area contributed by atoms with Crippen LogP contribution in [-0.2, 0) is 0 Å². The van der Waals surface area contributed by atoms with Crippen LogP contribution in [0.2, 0.25) is 0 Å². The van der Waals surface area contributed by atoms with Crippen LogP contribution < -0.4 is 0 Å². The van der Waals surface area contributed by atoms with Crippen molar-refractivity contribution in [1.29, 1.82) is 0 Å². The Morgan fingerprint density at radius 3 is 2.81 bits per heavy atom. The molecule has 0 unspecified atom stereocenters. The third kappa shape index (κ3) is 3.16. The van der Waals surface area contributed by atoms with Crippen LogP contribution in [0.1, 0.15) is 44.7 Å². The summed E-state index contributed by atoms with van der Waals surface area (Å²) in [6, 6.07) is 6.38. The Balaban J connectivity index is 1.91. The summed E-state index contributed by atoms with van der Waals surface area (Å²) in [5.41, 5.74) is 0.963. The molecule has 0 aromatic carbocycles. The quantitative estimate of drug-likeness (QED) is 0.710. The summed E-state index contributed by atoms with van der Waals surface area (Å²) in [7, 11) is 0. The fourth-order valence-electron chi connectivity index (χ4n) is 2.38. The molecule has 1 aromatic rings. The van der Waals surface area contributed by atoms with Crippen LogP contribution in [0.25, 0.3) is 0 Å². The molecule has 0 saturated heterocycles. The maximum Gasteiger partial charge on any atom is 0.0807 e. The molecule has 1 aliphatic rings. The predicted octanol–water partition coefficient (Wildman–Crippen LogP) is 3.47. The van der Waals surface area contributed by atoms with Crippen molar-refractivity contribution >= 4 is 6.21 Å². The van der Waals surface area contributed by atoms with Crippen molar-refractivity contribution in [3.8, 4) is 0 Å². The molecule has 1 atom stereocenters. The van der Waals surface area contributed by atoms with Gasteiger partial charge in [-0.05, 0) is 37.8 Å². The van der Waals surface area contributed by atoms with Crippen molar-refractivity contribution in [1.82, 2.24) is 4.98 Å². The molecule has 2 heteroatoms. The first-order chi connectivity index (χ1) is 7.86. The highest BCUT2D eigenvalue weighted by atomic mass is 14.8. The van der Waals surface area contributed by atoms with Crippen molar-refractivity contribution in [2.24, 2.45) is 10.9 Å². The summed E-state index contributed by atoms with van der Waals surface area (Å²) in [6.45, 7) is 2.23. The van der Waals surface area contributed by atoms with Crippen LogP contribution in [0, 0.1) is 5.92 Å². The summed E-state index contributed by atoms with van der Waals surface area (Å²) in [6.07, 6.45) is 10.6. The van der Waals surface area contributed by atoms with E-state index in [2.05, 4.69) is 16.9 Å². The van der Waals surface area contributed by atoms with E-state index in [9.17, 15) is 0 Å². The SMILES string of the molecule is C[C@@H](N=Cc1ccccn1)C1CCCCC1. The van der Waals surface area contributed by atoms with Gasteiger partial charge in [-0.15, -0.1) is 0 Å². The Hall–Kier alpha value is -1.18. The van der Waals surface area contributed by atoms with Gasteiger partial charge in [-0.25, -0.2) is 0 Å². The highest BCUT2D eigenvalue weighted by Crippen LogP contribution is 2.27. The van der Waals surface area contributed by atoms with E-state index in [1.807, 2.05) is 30.6 Å². The molecule has 2 rings (SSSR count). The summed E-state index contributed by atoms with van der Waals surface area (Å²) in [4.78, 5) is 8.88. The van der Waals surface area contributed by atoms with Gasteiger partial charge in [0, 0.05) is 12.4 Å². The Kier molecular flexibility index (Phi) is 4.09. The Morgan fingerprint density at radius 2 is 2.12 bits per heavy atom. The van der Waals surface area contributed by atoms with E-state index in [-0.39, 0.29) is 0 Å². The molecule has 0 amide bonds. The van der Waals surface area contributed by atoms with E-state index < -0.39 is 0 Å². The average molecular weight is 216 g/mol. The van der Waals surface area contributed by atoms with Gasteiger partial charge >= 0.3 is 0 Å². The van der Waals surface area contributed by atoms with E-state index >= 15 is 0 Å². The zero-order valence-electron chi connectivity index (χ0n) is 9.97. The first-order valence-corrected chi connectivity index (χ1v) is 6.30. The Bertz CT molecular complexity index is 326. The number of aliphatic imine (C=N–C) groups is 1. The van der Waals surface area contributed by atoms with Gasteiger partial charge < -0.3 is 0 Å². The summed E-state index contributed by atoms with van der Waals surface area (Å²) >= 11 is 0. The van der Waals surface area contributed by atoms with Gasteiger partial charge in [0.1, 0.15) is 0 Å². The number of aromatic nitrogens is 1. The highest BCUT2D eigenvalue weighted by Gasteiger charge is 2.18. The van der Waals surface area contributed by atoms with Crippen molar-refractivity contribution < 1.29 is 0 Å². The molecule has 1 saturated carbocycles. The average Bonchev–Trinajstić information content (AvgIpc) is 2.38. The summed E-state index contributed by atoms with van der Waals surface area (Å²) in [5, 5.41) is 0. The minimum atomic E-state index is 0.447. The third-order valence-electron chi connectivity index (χ3n) is 3.46. The van der Waals surface area contributed by atoms with Crippen LogP contribution >= 0.6 is 0 Å². The van der Waals surface area contributed by atoms with Crippen LogP contribution in [-0.4, -0.2) is 17.2 Å². The predicted molar refractivity (Wildman–Crippen MR) is 67.9 cm³/mol. The second-order valence-corrected chi connectivity index (χ2v) is 4.67. The number of nitrogens with zero attached hydrogens (tertiary/aromatic N) is 2. The number of pyridine rings is 1. The zero-order valence-corrected chi connectivity index (χ0v) is 9.97. The minimum absolute atomic E-state index is 0.447. The van der Waals surface area contributed by atoms with Gasteiger partial charge in [0.15, 0.2) is 0 Å². The molecule has 0 spiro atoms. The van der Waals surface area contributed by atoms with Crippen molar-refractivity contribution in [2.75, 3.05) is 0 Å². The van der Waals surface area contributed by atoms with E-state index in [1.54, 1.807) is 0 Å². The molecule has 1 aromatic heterocycles. The van der Waals surface area contributed by atoms with Crippen LogP contribution in [0.5, 0.6) is 0 Å². The molecule has 1 aliphatic carbocycles. The van der Waals surface area contributed by atoms with Crippen LogP contribution in [0.3, 0.4) is 0 Å². The molecular formula is C14H20N2. The molecule has 2 nitrogen and oxygen atoms in total. The van der Waals surface area contributed by atoms with Gasteiger partial charge in [-0.1, -0.05) is 25.3 Å². The fraction of sp³-hybridized carbons (Fsp3) is 0.571. The lowest BCUT2D eigenvalue weighted by Crippen LogP contribution is -2.18.